The van der Waals surface area contributed by atoms with E-state index in [9.17, 15) is 9.90 Å². The Balaban J connectivity index is 2.22. The molecule has 0 amide bonds. The van der Waals surface area contributed by atoms with Crippen molar-refractivity contribution < 1.29 is 14.6 Å². The van der Waals surface area contributed by atoms with Crippen molar-refractivity contribution in [2.75, 3.05) is 26.2 Å². The third kappa shape index (κ3) is 10.3. The zero-order chi connectivity index (χ0) is 20.0. The van der Waals surface area contributed by atoms with Crippen LogP contribution >= 0.6 is 11.3 Å². The highest BCUT2D eigenvalue weighted by Crippen LogP contribution is 2.25. The predicted octanol–water partition coefficient (Wildman–Crippen LogP) is 3.41. The summed E-state index contributed by atoms with van der Waals surface area (Å²) >= 11 is 1.54. The normalized spacial score (nSPS) is 13.9. The molecule has 7 heteroatoms. The lowest BCUT2D eigenvalue weighted by Gasteiger charge is -2.20. The van der Waals surface area contributed by atoms with Crippen LogP contribution in [0.5, 0.6) is 0 Å². The average Bonchev–Trinajstić information content (AvgIpc) is 3.17. The second-order valence-corrected chi connectivity index (χ2v) is 7.64. The van der Waals surface area contributed by atoms with Crippen molar-refractivity contribution >= 4 is 23.3 Å². The Kier molecular flexibility index (Phi) is 11.8. The molecular formula is C20H35N3O3S. The van der Waals surface area contributed by atoms with Gasteiger partial charge in [0, 0.05) is 24.4 Å². The quantitative estimate of drug-likeness (QED) is 0.206. The van der Waals surface area contributed by atoms with Gasteiger partial charge in [-0.15, -0.1) is 11.3 Å². The minimum Gasteiger partial charge on any atom is -0.466 e. The van der Waals surface area contributed by atoms with Crippen LogP contribution in [-0.4, -0.2) is 43.3 Å². The molecule has 0 aliphatic rings. The second-order valence-electron chi connectivity index (χ2n) is 6.70. The molecule has 0 saturated carbocycles. The van der Waals surface area contributed by atoms with E-state index in [1.807, 2.05) is 31.4 Å². The van der Waals surface area contributed by atoms with Crippen LogP contribution < -0.4 is 10.6 Å². The van der Waals surface area contributed by atoms with Crippen LogP contribution in [0.25, 0.3) is 0 Å². The van der Waals surface area contributed by atoms with Gasteiger partial charge in [-0.2, -0.15) is 0 Å². The van der Waals surface area contributed by atoms with Gasteiger partial charge in [0.15, 0.2) is 5.96 Å². The molecule has 1 rings (SSSR count). The Morgan fingerprint density at radius 1 is 1.22 bits per heavy atom. The van der Waals surface area contributed by atoms with E-state index in [1.165, 1.54) is 0 Å². The van der Waals surface area contributed by atoms with Crippen LogP contribution in [0.3, 0.4) is 0 Å². The molecule has 0 aliphatic heterocycles. The van der Waals surface area contributed by atoms with E-state index in [1.54, 1.807) is 18.3 Å². The molecule has 3 N–H and O–H groups in total. The summed E-state index contributed by atoms with van der Waals surface area (Å²) in [6.07, 6.45) is 5.74. The van der Waals surface area contributed by atoms with Crippen LogP contribution in [-0.2, 0) is 15.1 Å². The monoisotopic (exact) mass is 397 g/mol. The van der Waals surface area contributed by atoms with Gasteiger partial charge in [-0.3, -0.25) is 4.79 Å². The molecule has 1 heterocycles. The lowest BCUT2D eigenvalue weighted by Crippen LogP contribution is -2.39. The van der Waals surface area contributed by atoms with Crippen LogP contribution in [0.15, 0.2) is 22.5 Å². The van der Waals surface area contributed by atoms with E-state index >= 15 is 0 Å². The van der Waals surface area contributed by atoms with E-state index < -0.39 is 5.60 Å². The standard InChI is InChI=1S/C20H35N3O3S/c1-4-21-19(23-16-20(3,25)17-12-11-15-27-17)22-14-10-8-6-7-9-13-18(24)26-5-2/h11-12,15,25H,4-10,13-14,16H2,1-3H3,(H2,21,22,23). The Bertz CT molecular complexity index is 545. The van der Waals surface area contributed by atoms with Crippen molar-refractivity contribution in [2.45, 2.75) is 64.9 Å². The summed E-state index contributed by atoms with van der Waals surface area (Å²) in [6.45, 7) is 8.05. The first-order valence-electron chi connectivity index (χ1n) is 9.93. The number of aliphatic imine (C=N–C) groups is 1. The summed E-state index contributed by atoms with van der Waals surface area (Å²) in [5.74, 6) is 0.640. The minimum absolute atomic E-state index is 0.0934. The first-order chi connectivity index (χ1) is 13.0. The second kappa shape index (κ2) is 13.6. The molecule has 0 bridgehead atoms. The summed E-state index contributed by atoms with van der Waals surface area (Å²) in [7, 11) is 0. The van der Waals surface area contributed by atoms with Crippen molar-refractivity contribution in [1.82, 2.24) is 10.6 Å². The number of unbranched alkanes of at least 4 members (excludes halogenated alkanes) is 4. The van der Waals surface area contributed by atoms with E-state index in [0.717, 1.165) is 56.0 Å². The molecule has 0 spiro atoms. The fourth-order valence-corrected chi connectivity index (χ4v) is 3.38. The smallest absolute Gasteiger partial charge is 0.305 e. The molecule has 0 fully saturated rings. The van der Waals surface area contributed by atoms with Gasteiger partial charge in [0.25, 0.3) is 0 Å². The van der Waals surface area contributed by atoms with Gasteiger partial charge in [-0.25, -0.2) is 4.99 Å². The number of hydrogen-bond donors (Lipinski definition) is 3. The summed E-state index contributed by atoms with van der Waals surface area (Å²) in [4.78, 5) is 16.7. The van der Waals surface area contributed by atoms with Gasteiger partial charge in [-0.05, 0) is 45.1 Å². The first-order valence-corrected chi connectivity index (χ1v) is 10.8. The molecule has 6 nitrogen and oxygen atoms in total. The third-order valence-electron chi connectivity index (χ3n) is 4.10. The number of guanidine groups is 1. The number of nitrogens with one attached hydrogen (secondary N) is 2. The Morgan fingerprint density at radius 2 is 1.96 bits per heavy atom. The largest absolute Gasteiger partial charge is 0.466 e. The highest BCUT2D eigenvalue weighted by molar-refractivity contribution is 7.10. The zero-order valence-electron chi connectivity index (χ0n) is 16.9. The maximum absolute atomic E-state index is 11.3. The molecule has 1 aromatic heterocycles. The molecule has 154 valence electrons. The molecule has 0 aliphatic carbocycles. The zero-order valence-corrected chi connectivity index (χ0v) is 17.7. The molecule has 1 aromatic rings. The summed E-state index contributed by atoms with van der Waals surface area (Å²) in [5, 5.41) is 19.1. The topological polar surface area (TPSA) is 83.0 Å². The number of ether oxygens (including phenoxy) is 1. The Morgan fingerprint density at radius 3 is 2.63 bits per heavy atom. The minimum atomic E-state index is -0.949. The molecule has 1 atom stereocenters. The molecular weight excluding hydrogens is 362 g/mol. The summed E-state index contributed by atoms with van der Waals surface area (Å²) in [5.41, 5.74) is -0.949. The number of hydrogen-bond acceptors (Lipinski definition) is 5. The molecule has 1 unspecified atom stereocenters. The van der Waals surface area contributed by atoms with Crippen molar-refractivity contribution in [3.63, 3.8) is 0 Å². The average molecular weight is 398 g/mol. The number of carbonyl (C=O) groups is 1. The third-order valence-corrected chi connectivity index (χ3v) is 5.22. The van der Waals surface area contributed by atoms with Crippen molar-refractivity contribution in [1.29, 1.82) is 0 Å². The van der Waals surface area contributed by atoms with Crippen molar-refractivity contribution in [3.8, 4) is 0 Å². The predicted molar refractivity (Wildman–Crippen MR) is 112 cm³/mol. The lowest BCUT2D eigenvalue weighted by atomic mass is 10.1. The molecule has 0 saturated heterocycles. The molecule has 27 heavy (non-hydrogen) atoms. The maximum atomic E-state index is 11.3. The number of carbonyl (C=O) groups excluding carboxylic acids is 1. The molecule has 0 aromatic carbocycles. The lowest BCUT2D eigenvalue weighted by molar-refractivity contribution is -0.143. The van der Waals surface area contributed by atoms with E-state index in [0.29, 0.717) is 19.6 Å². The van der Waals surface area contributed by atoms with Crippen LogP contribution in [0.1, 0.15) is 64.2 Å². The Hall–Kier alpha value is -1.60. The van der Waals surface area contributed by atoms with Gasteiger partial charge >= 0.3 is 5.97 Å². The Labute approximate surface area is 167 Å². The number of esters is 1. The van der Waals surface area contributed by atoms with E-state index in [-0.39, 0.29) is 5.97 Å². The van der Waals surface area contributed by atoms with Crippen molar-refractivity contribution in [2.24, 2.45) is 4.99 Å². The highest BCUT2D eigenvalue weighted by Gasteiger charge is 2.23. The molecule has 0 radical (unpaired) electrons. The number of nitrogens with zero attached hydrogens (tertiary/aromatic N) is 1. The van der Waals surface area contributed by atoms with Crippen LogP contribution in [0.2, 0.25) is 0 Å². The van der Waals surface area contributed by atoms with Gasteiger partial charge in [0.05, 0.1) is 13.2 Å². The first kappa shape index (κ1) is 23.4. The van der Waals surface area contributed by atoms with Gasteiger partial charge in [0.2, 0.25) is 0 Å². The van der Waals surface area contributed by atoms with Gasteiger partial charge < -0.3 is 20.5 Å². The number of aliphatic hydroxyl groups is 1. The van der Waals surface area contributed by atoms with Gasteiger partial charge in [0.1, 0.15) is 5.60 Å². The van der Waals surface area contributed by atoms with Crippen LogP contribution in [0, 0.1) is 0 Å². The SMILES string of the molecule is CCNC(=NCC(C)(O)c1cccs1)NCCCCCCCC(=O)OCC. The fraction of sp³-hybridized carbons (Fsp3) is 0.700. The summed E-state index contributed by atoms with van der Waals surface area (Å²) in [6, 6.07) is 3.87. The number of rotatable bonds is 13. The summed E-state index contributed by atoms with van der Waals surface area (Å²) < 4.78 is 4.92. The highest BCUT2D eigenvalue weighted by atomic mass is 32.1. The fourth-order valence-electron chi connectivity index (χ4n) is 2.60. The van der Waals surface area contributed by atoms with E-state index in [4.69, 9.17) is 4.74 Å². The maximum Gasteiger partial charge on any atom is 0.305 e. The van der Waals surface area contributed by atoms with E-state index in [2.05, 4.69) is 15.6 Å². The number of thiophene rings is 1. The van der Waals surface area contributed by atoms with Crippen LogP contribution in [0.4, 0.5) is 0 Å². The van der Waals surface area contributed by atoms with Gasteiger partial charge in [-0.1, -0.05) is 25.3 Å². The van der Waals surface area contributed by atoms with Crippen molar-refractivity contribution in [3.05, 3.63) is 22.4 Å².